The predicted molar refractivity (Wildman–Crippen MR) is 95.6 cm³/mol. The van der Waals surface area contributed by atoms with Crippen LogP contribution in [-0.4, -0.2) is 67.9 Å². The molecule has 1 saturated heterocycles. The number of ether oxygens (including phenoxy) is 3. The van der Waals surface area contributed by atoms with Gasteiger partial charge < -0.3 is 24.4 Å². The summed E-state index contributed by atoms with van der Waals surface area (Å²) < 4.78 is 15.3. The van der Waals surface area contributed by atoms with E-state index in [9.17, 15) is 14.4 Å². The van der Waals surface area contributed by atoms with E-state index in [4.69, 9.17) is 14.2 Å². The average Bonchev–Trinajstić information content (AvgIpc) is 2.60. The van der Waals surface area contributed by atoms with Gasteiger partial charge in [0.05, 0.1) is 6.61 Å². The second kappa shape index (κ2) is 11.7. The first-order valence-electron chi connectivity index (χ1n) is 9.32. The molecule has 150 valence electrons. The molecule has 0 aliphatic carbocycles. The average molecular weight is 372 g/mol. The fraction of sp³-hybridized carbons (Fsp3) is 0.833. The summed E-state index contributed by atoms with van der Waals surface area (Å²) in [5.74, 6) is -0.386. The lowest BCUT2D eigenvalue weighted by atomic mass is 10.1. The largest absolute Gasteiger partial charge is 0.454 e. The third-order valence-electron chi connectivity index (χ3n) is 4.13. The van der Waals surface area contributed by atoms with Gasteiger partial charge >= 0.3 is 12.1 Å². The van der Waals surface area contributed by atoms with E-state index in [1.165, 1.54) is 0 Å². The summed E-state index contributed by atoms with van der Waals surface area (Å²) in [5, 5.41) is 2.83. The minimum atomic E-state index is -0.686. The Kier molecular flexibility index (Phi) is 10.0. The molecule has 1 aliphatic heterocycles. The highest BCUT2D eigenvalue weighted by atomic mass is 16.6. The van der Waals surface area contributed by atoms with Crippen LogP contribution in [-0.2, 0) is 23.8 Å². The lowest BCUT2D eigenvalue weighted by Gasteiger charge is -2.31. The van der Waals surface area contributed by atoms with Crippen molar-refractivity contribution in [1.29, 1.82) is 0 Å². The molecule has 0 aromatic rings. The van der Waals surface area contributed by atoms with Crippen LogP contribution in [0.15, 0.2) is 0 Å². The molecule has 1 rings (SSSR count). The highest BCUT2D eigenvalue weighted by Crippen LogP contribution is 2.11. The summed E-state index contributed by atoms with van der Waals surface area (Å²) in [6.07, 6.45) is 1.15. The van der Waals surface area contributed by atoms with Crippen molar-refractivity contribution in [3.05, 3.63) is 0 Å². The number of nitrogens with zero attached hydrogens (tertiary/aromatic N) is 1. The van der Waals surface area contributed by atoms with Gasteiger partial charge in [0.2, 0.25) is 0 Å². The first-order valence-corrected chi connectivity index (χ1v) is 9.32. The number of carbonyl (C=O) groups is 3. The second-order valence-corrected chi connectivity index (χ2v) is 6.83. The standard InChI is InChI=1S/C18H32N2O6/c1-5-24-18(23)20-9-6-15(7-10-20)19-16(21)12-26-17(22)14(4)25-11-8-13(2)3/h13-15H,5-12H2,1-4H3,(H,19,21). The van der Waals surface area contributed by atoms with Gasteiger partial charge in [-0.3, -0.25) is 4.79 Å². The summed E-state index contributed by atoms with van der Waals surface area (Å²) in [6, 6.07) is -0.0356. The SMILES string of the molecule is CCOC(=O)N1CCC(NC(=O)COC(=O)C(C)OCCC(C)C)CC1. The van der Waals surface area contributed by atoms with Crippen LogP contribution in [0.3, 0.4) is 0 Å². The lowest BCUT2D eigenvalue weighted by molar-refractivity contribution is -0.159. The normalized spacial score (nSPS) is 16.3. The summed E-state index contributed by atoms with van der Waals surface area (Å²) in [5.41, 5.74) is 0. The topological polar surface area (TPSA) is 94.2 Å². The van der Waals surface area contributed by atoms with Gasteiger partial charge in [0.1, 0.15) is 0 Å². The van der Waals surface area contributed by atoms with Gasteiger partial charge in [-0.15, -0.1) is 0 Å². The number of carbonyl (C=O) groups excluding carboxylic acids is 3. The molecule has 1 atom stereocenters. The highest BCUT2D eigenvalue weighted by Gasteiger charge is 2.25. The van der Waals surface area contributed by atoms with Crippen LogP contribution in [0.25, 0.3) is 0 Å². The third kappa shape index (κ3) is 8.51. The predicted octanol–water partition coefficient (Wildman–Crippen LogP) is 1.72. The van der Waals surface area contributed by atoms with Gasteiger partial charge in [-0.25, -0.2) is 9.59 Å². The van der Waals surface area contributed by atoms with Crippen LogP contribution in [0.4, 0.5) is 4.79 Å². The van der Waals surface area contributed by atoms with Gasteiger partial charge in [0, 0.05) is 25.7 Å². The Bertz CT molecular complexity index is 461. The number of hydrogen-bond acceptors (Lipinski definition) is 6. The molecule has 0 bridgehead atoms. The Balaban J connectivity index is 2.20. The second-order valence-electron chi connectivity index (χ2n) is 6.83. The van der Waals surface area contributed by atoms with Crippen LogP contribution < -0.4 is 5.32 Å². The minimum absolute atomic E-state index is 0.0356. The Morgan fingerprint density at radius 3 is 2.35 bits per heavy atom. The van der Waals surface area contributed by atoms with Crippen molar-refractivity contribution in [1.82, 2.24) is 10.2 Å². The molecule has 2 amide bonds. The maximum Gasteiger partial charge on any atom is 0.409 e. The molecule has 1 N–H and O–H groups in total. The zero-order chi connectivity index (χ0) is 19.5. The Hall–Kier alpha value is -1.83. The zero-order valence-corrected chi connectivity index (χ0v) is 16.3. The summed E-state index contributed by atoms with van der Waals surface area (Å²) in [4.78, 5) is 37.0. The van der Waals surface area contributed by atoms with E-state index >= 15 is 0 Å². The number of esters is 1. The Labute approximate surface area is 155 Å². The molecule has 1 heterocycles. The quantitative estimate of drug-likeness (QED) is 0.619. The summed E-state index contributed by atoms with van der Waals surface area (Å²) in [6.45, 7) is 9.11. The van der Waals surface area contributed by atoms with Crippen LogP contribution in [0.1, 0.15) is 47.0 Å². The van der Waals surface area contributed by atoms with Crippen LogP contribution in [0.2, 0.25) is 0 Å². The Morgan fingerprint density at radius 1 is 1.12 bits per heavy atom. The van der Waals surface area contributed by atoms with Crippen molar-refractivity contribution in [3.8, 4) is 0 Å². The van der Waals surface area contributed by atoms with Crippen LogP contribution >= 0.6 is 0 Å². The molecule has 8 nitrogen and oxygen atoms in total. The summed E-state index contributed by atoms with van der Waals surface area (Å²) in [7, 11) is 0. The van der Waals surface area contributed by atoms with Gasteiger partial charge in [-0.05, 0) is 39.0 Å². The fourth-order valence-corrected chi connectivity index (χ4v) is 2.49. The highest BCUT2D eigenvalue weighted by molar-refractivity contribution is 5.82. The Morgan fingerprint density at radius 2 is 1.77 bits per heavy atom. The maximum absolute atomic E-state index is 11.9. The number of piperidine rings is 1. The van der Waals surface area contributed by atoms with Crippen LogP contribution in [0, 0.1) is 5.92 Å². The van der Waals surface area contributed by atoms with Crippen molar-refractivity contribution in [2.75, 3.05) is 32.9 Å². The van der Waals surface area contributed by atoms with E-state index in [2.05, 4.69) is 19.2 Å². The molecule has 1 fully saturated rings. The molecular weight excluding hydrogens is 340 g/mol. The molecule has 0 saturated carbocycles. The lowest BCUT2D eigenvalue weighted by Crippen LogP contribution is -2.47. The van der Waals surface area contributed by atoms with E-state index in [0.29, 0.717) is 45.1 Å². The van der Waals surface area contributed by atoms with Crippen LogP contribution in [0.5, 0.6) is 0 Å². The molecule has 1 aliphatic rings. The third-order valence-corrected chi connectivity index (χ3v) is 4.13. The van der Waals surface area contributed by atoms with E-state index in [-0.39, 0.29) is 24.6 Å². The minimum Gasteiger partial charge on any atom is -0.454 e. The molecular formula is C18H32N2O6. The molecule has 26 heavy (non-hydrogen) atoms. The monoisotopic (exact) mass is 372 g/mol. The van der Waals surface area contributed by atoms with Crippen molar-refractivity contribution in [3.63, 3.8) is 0 Å². The molecule has 0 radical (unpaired) electrons. The smallest absolute Gasteiger partial charge is 0.409 e. The number of hydrogen-bond donors (Lipinski definition) is 1. The molecule has 8 heteroatoms. The van der Waals surface area contributed by atoms with Gasteiger partial charge in [0.25, 0.3) is 5.91 Å². The van der Waals surface area contributed by atoms with Crippen molar-refractivity contribution in [2.24, 2.45) is 5.92 Å². The molecule has 0 spiro atoms. The van der Waals surface area contributed by atoms with E-state index in [1.54, 1.807) is 18.7 Å². The van der Waals surface area contributed by atoms with Crippen molar-refractivity contribution in [2.45, 2.75) is 59.1 Å². The number of rotatable bonds is 9. The first-order chi connectivity index (χ1) is 12.3. The van der Waals surface area contributed by atoms with E-state index in [0.717, 1.165) is 6.42 Å². The van der Waals surface area contributed by atoms with E-state index in [1.807, 2.05) is 0 Å². The van der Waals surface area contributed by atoms with Gasteiger partial charge in [0.15, 0.2) is 12.7 Å². The maximum atomic E-state index is 11.9. The van der Waals surface area contributed by atoms with Crippen molar-refractivity contribution < 1.29 is 28.6 Å². The molecule has 0 aromatic heterocycles. The first kappa shape index (κ1) is 22.2. The van der Waals surface area contributed by atoms with Gasteiger partial charge in [-0.2, -0.15) is 0 Å². The number of nitrogens with one attached hydrogen (secondary N) is 1. The summed E-state index contributed by atoms with van der Waals surface area (Å²) >= 11 is 0. The van der Waals surface area contributed by atoms with Crippen molar-refractivity contribution >= 4 is 18.0 Å². The number of likely N-dealkylation sites (tertiary alicyclic amines) is 1. The molecule has 0 aromatic carbocycles. The fourth-order valence-electron chi connectivity index (χ4n) is 2.49. The zero-order valence-electron chi connectivity index (χ0n) is 16.3. The molecule has 1 unspecified atom stereocenters. The van der Waals surface area contributed by atoms with Gasteiger partial charge in [-0.1, -0.05) is 13.8 Å². The van der Waals surface area contributed by atoms with E-state index < -0.39 is 12.1 Å². The number of amides is 2.